The van der Waals surface area contributed by atoms with Gasteiger partial charge in [-0.25, -0.2) is 4.57 Å². The van der Waals surface area contributed by atoms with Crippen LogP contribution in [0.3, 0.4) is 0 Å². The van der Waals surface area contributed by atoms with Crippen molar-refractivity contribution in [2.45, 2.75) is 135 Å². The van der Waals surface area contributed by atoms with Crippen LogP contribution in [0.25, 0.3) is 0 Å². The van der Waals surface area contributed by atoms with E-state index in [1.807, 2.05) is 0 Å². The topological polar surface area (TPSA) is 149 Å². The molecule has 46 heavy (non-hydrogen) atoms. The lowest BCUT2D eigenvalue weighted by molar-refractivity contribution is -0.153. The van der Waals surface area contributed by atoms with Crippen LogP contribution in [0.5, 0.6) is 0 Å². The molecule has 0 saturated heterocycles. The smallest absolute Gasteiger partial charge is 0.457 e. The van der Waals surface area contributed by atoms with Crippen molar-refractivity contribution in [1.82, 2.24) is 0 Å². The first-order chi connectivity index (χ1) is 22.3. The van der Waals surface area contributed by atoms with Gasteiger partial charge < -0.3 is 24.6 Å². The van der Waals surface area contributed by atoms with Gasteiger partial charge in [0.15, 0.2) is 0 Å². The maximum atomic E-state index is 12.3. The first-order valence-corrected chi connectivity index (χ1v) is 18.6. The molecule has 0 aromatic heterocycles. The molecule has 0 aliphatic carbocycles. The van der Waals surface area contributed by atoms with E-state index < -0.39 is 58.4 Å². The predicted octanol–water partition coefficient (Wildman–Crippen LogP) is 7.82. The number of phosphoric ester groups is 1. The number of hydrogen-bond donors (Lipinski definition) is 3. The van der Waals surface area contributed by atoms with Gasteiger partial charge in [-0.05, 0) is 64.2 Å². The van der Waals surface area contributed by atoms with Crippen molar-refractivity contribution in [3.05, 3.63) is 48.6 Å². The molecule has 0 fully saturated rings. The van der Waals surface area contributed by atoms with Crippen molar-refractivity contribution in [1.29, 1.82) is 0 Å². The van der Waals surface area contributed by atoms with Gasteiger partial charge in [0, 0.05) is 12.8 Å². The van der Waals surface area contributed by atoms with Gasteiger partial charge in [-0.15, -0.1) is 0 Å². The molecular weight excluding hydrogens is 611 g/mol. The molecule has 0 amide bonds. The molecule has 0 aromatic carbocycles. The van der Waals surface area contributed by atoms with Gasteiger partial charge in [0.1, 0.15) is 12.2 Å². The molecule has 266 valence electrons. The van der Waals surface area contributed by atoms with Gasteiger partial charge in [-0.2, -0.15) is 0 Å². The van der Waals surface area contributed by atoms with E-state index in [0.29, 0.717) is 12.8 Å². The van der Waals surface area contributed by atoms with Crippen molar-refractivity contribution in [2.24, 2.45) is 0 Å². The molecule has 0 rings (SSSR count). The second kappa shape index (κ2) is 31.5. The lowest BCUT2D eigenvalue weighted by atomic mass is 10.1. The Bertz CT molecular complexity index is 915. The summed E-state index contributed by atoms with van der Waals surface area (Å²) in [7, 11) is -4.63. The first kappa shape index (κ1) is 43.9. The number of carbonyl (C=O) groups is 2. The van der Waals surface area contributed by atoms with E-state index >= 15 is 0 Å². The summed E-state index contributed by atoms with van der Waals surface area (Å²) in [6.45, 7) is 1.93. The fraction of sp³-hybridized carbons (Fsp3) is 0.714. The standard InChI is InChI=1S/C35H61O10P/c1-3-5-7-9-11-13-15-16-17-19-21-23-25-27-35(39)45-33(29-37)31-43-46(40,41)42-30-32(28-36)44-34(38)26-24-22-20-18-14-12-10-8-6-4-2/h5,7-8,10-11,13,16-17,32-33,36-37H,3-4,6,9,12,14-15,18-31H2,1-2H3,(H,40,41)/b7-5-,10-8-,13-11-,17-16-. The van der Waals surface area contributed by atoms with Gasteiger partial charge in [-0.3, -0.25) is 18.6 Å². The van der Waals surface area contributed by atoms with Gasteiger partial charge >= 0.3 is 19.8 Å². The van der Waals surface area contributed by atoms with Crippen molar-refractivity contribution in [2.75, 3.05) is 26.4 Å². The molecule has 3 unspecified atom stereocenters. The number of carbonyl (C=O) groups excluding carboxylic acids is 2. The Morgan fingerprint density at radius 1 is 0.609 bits per heavy atom. The molecule has 0 bridgehead atoms. The molecule has 0 aliphatic heterocycles. The van der Waals surface area contributed by atoms with E-state index in [2.05, 4.69) is 62.5 Å². The average Bonchev–Trinajstić information content (AvgIpc) is 3.04. The summed E-state index contributed by atoms with van der Waals surface area (Å²) in [4.78, 5) is 34.2. The van der Waals surface area contributed by atoms with E-state index in [-0.39, 0.29) is 12.8 Å². The Morgan fingerprint density at radius 2 is 1.02 bits per heavy atom. The van der Waals surface area contributed by atoms with Crippen molar-refractivity contribution >= 4 is 19.8 Å². The summed E-state index contributed by atoms with van der Waals surface area (Å²) in [6.07, 6.45) is 29.6. The van der Waals surface area contributed by atoms with E-state index in [4.69, 9.17) is 18.5 Å². The van der Waals surface area contributed by atoms with Crippen LogP contribution in [0.15, 0.2) is 48.6 Å². The van der Waals surface area contributed by atoms with Crippen LogP contribution in [0, 0.1) is 0 Å². The average molecular weight is 673 g/mol. The molecule has 0 spiro atoms. The summed E-state index contributed by atoms with van der Waals surface area (Å²) in [5.41, 5.74) is 0. The third-order valence-electron chi connectivity index (χ3n) is 6.76. The van der Waals surface area contributed by atoms with Crippen molar-refractivity contribution in [3.63, 3.8) is 0 Å². The largest absolute Gasteiger partial charge is 0.472 e. The van der Waals surface area contributed by atoms with E-state index in [0.717, 1.165) is 83.5 Å². The van der Waals surface area contributed by atoms with Crippen molar-refractivity contribution in [3.8, 4) is 0 Å². The van der Waals surface area contributed by atoms with Crippen LogP contribution < -0.4 is 0 Å². The van der Waals surface area contributed by atoms with Crippen LogP contribution in [-0.2, 0) is 32.7 Å². The number of phosphoric acid groups is 1. The Balaban J connectivity index is 4.10. The van der Waals surface area contributed by atoms with Crippen LogP contribution in [-0.4, -0.2) is 65.7 Å². The van der Waals surface area contributed by atoms with Gasteiger partial charge in [-0.1, -0.05) is 94.6 Å². The summed E-state index contributed by atoms with van der Waals surface area (Å²) < 4.78 is 32.3. The van der Waals surface area contributed by atoms with E-state index in [9.17, 15) is 29.3 Å². The Kier molecular flexibility index (Phi) is 30.1. The van der Waals surface area contributed by atoms with Crippen LogP contribution in [0.2, 0.25) is 0 Å². The number of ether oxygens (including phenoxy) is 2. The number of esters is 2. The zero-order valence-electron chi connectivity index (χ0n) is 28.3. The predicted molar refractivity (Wildman–Crippen MR) is 182 cm³/mol. The highest BCUT2D eigenvalue weighted by molar-refractivity contribution is 7.47. The third kappa shape index (κ3) is 29.3. The molecule has 0 heterocycles. The minimum absolute atomic E-state index is 0.155. The minimum Gasteiger partial charge on any atom is -0.457 e. The number of allylic oxidation sites excluding steroid dienone is 8. The molecule has 0 radical (unpaired) electrons. The summed E-state index contributed by atoms with van der Waals surface area (Å²) >= 11 is 0. The minimum atomic E-state index is -4.63. The number of hydrogen-bond acceptors (Lipinski definition) is 9. The molecule has 3 N–H and O–H groups in total. The van der Waals surface area contributed by atoms with Gasteiger partial charge in [0.25, 0.3) is 0 Å². The van der Waals surface area contributed by atoms with Crippen LogP contribution >= 0.6 is 7.82 Å². The lowest BCUT2D eigenvalue weighted by Crippen LogP contribution is -2.28. The fourth-order valence-corrected chi connectivity index (χ4v) is 4.91. The molecule has 10 nitrogen and oxygen atoms in total. The SMILES string of the molecule is CC/C=C\C/C=C\C/C=C\CCCCCC(=O)OC(CO)COP(=O)(O)OCC(CO)OC(=O)CCCCCCC/C=C\CCC. The Labute approximate surface area is 277 Å². The molecule has 0 aliphatic rings. The maximum absolute atomic E-state index is 12.3. The van der Waals surface area contributed by atoms with Gasteiger partial charge in [0.2, 0.25) is 0 Å². The van der Waals surface area contributed by atoms with Crippen LogP contribution in [0.4, 0.5) is 0 Å². The second-order valence-corrected chi connectivity index (χ2v) is 12.6. The summed E-state index contributed by atoms with van der Waals surface area (Å²) in [5, 5.41) is 19.0. The van der Waals surface area contributed by atoms with Crippen LogP contribution in [0.1, 0.15) is 123 Å². The Hall–Kier alpha value is -2.07. The highest BCUT2D eigenvalue weighted by Gasteiger charge is 2.27. The van der Waals surface area contributed by atoms with E-state index in [1.165, 1.54) is 0 Å². The highest BCUT2D eigenvalue weighted by atomic mass is 31.2. The number of aliphatic hydroxyl groups excluding tert-OH is 2. The summed E-state index contributed by atoms with van der Waals surface area (Å²) in [6, 6.07) is 0. The number of rotatable bonds is 31. The Morgan fingerprint density at radius 3 is 1.52 bits per heavy atom. The fourth-order valence-electron chi connectivity index (χ4n) is 4.13. The molecular formula is C35H61O10P. The zero-order valence-corrected chi connectivity index (χ0v) is 29.2. The monoisotopic (exact) mass is 672 g/mol. The third-order valence-corrected chi connectivity index (χ3v) is 7.71. The molecule has 11 heteroatoms. The summed E-state index contributed by atoms with van der Waals surface area (Å²) in [5.74, 6) is -1.07. The second-order valence-electron chi connectivity index (χ2n) is 11.1. The molecule has 0 aromatic rings. The first-order valence-electron chi connectivity index (χ1n) is 17.1. The normalized spacial score (nSPS) is 14.8. The number of unbranched alkanes of at least 4 members (excludes halogenated alkanes) is 9. The maximum Gasteiger partial charge on any atom is 0.472 e. The molecule has 3 atom stereocenters. The number of aliphatic hydroxyl groups is 2. The van der Waals surface area contributed by atoms with E-state index in [1.54, 1.807) is 0 Å². The lowest BCUT2D eigenvalue weighted by Gasteiger charge is -2.20. The molecule has 0 saturated carbocycles. The highest BCUT2D eigenvalue weighted by Crippen LogP contribution is 2.43. The van der Waals surface area contributed by atoms with Crippen molar-refractivity contribution < 1.29 is 47.8 Å². The quantitative estimate of drug-likeness (QED) is 0.0288. The van der Waals surface area contributed by atoms with Gasteiger partial charge in [0.05, 0.1) is 26.4 Å². The zero-order chi connectivity index (χ0) is 34.1.